The minimum Gasteiger partial charge on any atom is -0.355 e. The largest absolute Gasteiger partial charge is 0.355 e. The van der Waals surface area contributed by atoms with Crippen molar-refractivity contribution in [1.29, 1.82) is 5.26 Å². The highest BCUT2D eigenvalue weighted by atomic mass is 19.1. The van der Waals surface area contributed by atoms with E-state index >= 15 is 0 Å². The van der Waals surface area contributed by atoms with Crippen LogP contribution >= 0.6 is 0 Å². The highest BCUT2D eigenvalue weighted by molar-refractivity contribution is 5.95. The molecule has 1 saturated carbocycles. The molecule has 2 aliphatic carbocycles. The van der Waals surface area contributed by atoms with Crippen LogP contribution in [-0.2, 0) is 24.2 Å². The summed E-state index contributed by atoms with van der Waals surface area (Å²) in [5.74, 6) is -2.70. The lowest BCUT2D eigenvalue weighted by Crippen LogP contribution is -2.20. The number of aromatic nitrogens is 3. The molecule has 0 bridgehead atoms. The second-order valence-corrected chi connectivity index (χ2v) is 10.9. The minimum absolute atomic E-state index is 0.0327. The molecule has 42 heavy (non-hydrogen) atoms. The molecule has 6 rings (SSSR count). The average molecular weight is 570 g/mol. The number of nitrogens with zero attached hydrogens (tertiary/aromatic N) is 4. The number of benzene rings is 2. The predicted molar refractivity (Wildman–Crippen MR) is 147 cm³/mol. The van der Waals surface area contributed by atoms with Crippen molar-refractivity contribution >= 4 is 11.7 Å². The van der Waals surface area contributed by atoms with Gasteiger partial charge < -0.3 is 5.32 Å². The summed E-state index contributed by atoms with van der Waals surface area (Å²) in [5, 5.41) is 16.4. The zero-order valence-corrected chi connectivity index (χ0v) is 22.7. The lowest BCUT2D eigenvalue weighted by Gasteiger charge is -2.20. The number of hydrogen-bond donors (Lipinski definition) is 1. The van der Waals surface area contributed by atoms with Gasteiger partial charge in [0.1, 0.15) is 23.5 Å². The van der Waals surface area contributed by atoms with E-state index in [-0.39, 0.29) is 30.7 Å². The van der Waals surface area contributed by atoms with Crippen LogP contribution < -0.4 is 5.32 Å². The molecule has 2 heterocycles. The van der Waals surface area contributed by atoms with E-state index in [1.165, 1.54) is 37.4 Å². The molecule has 1 fully saturated rings. The van der Waals surface area contributed by atoms with Crippen LogP contribution in [0.25, 0.3) is 11.1 Å². The molecule has 2 aromatic heterocycles. The van der Waals surface area contributed by atoms with Gasteiger partial charge in [0.15, 0.2) is 11.5 Å². The summed E-state index contributed by atoms with van der Waals surface area (Å²) >= 11 is 0. The van der Waals surface area contributed by atoms with Crippen molar-refractivity contribution in [3.63, 3.8) is 0 Å². The highest BCUT2D eigenvalue weighted by Crippen LogP contribution is 2.57. The molecule has 1 amide bonds. The molecule has 1 N–H and O–H groups in total. The molecular weight excluding hydrogens is 543 g/mol. The fraction of sp³-hybridized carbons (Fsp3) is 0.281. The number of amides is 1. The SMILES string of the molecule is CNC(=O)c1cc(-c2cccnc2[C@@H](CC(=O)Cn2nc(C#N)c3c2CC2CC32)Cc2cc(F)cc(F)c2)ccc1F. The third-order valence-corrected chi connectivity index (χ3v) is 8.13. The Bertz CT molecular complexity index is 1760. The first-order valence-corrected chi connectivity index (χ1v) is 13.7. The van der Waals surface area contributed by atoms with Crippen molar-refractivity contribution in [3.8, 4) is 17.2 Å². The maximum atomic E-state index is 14.5. The van der Waals surface area contributed by atoms with Gasteiger partial charge in [-0.25, -0.2) is 13.2 Å². The van der Waals surface area contributed by atoms with Crippen molar-refractivity contribution in [3.05, 3.63) is 106 Å². The van der Waals surface area contributed by atoms with Gasteiger partial charge in [-0.2, -0.15) is 10.4 Å². The van der Waals surface area contributed by atoms with Crippen molar-refractivity contribution < 1.29 is 22.8 Å². The normalized spacial score (nSPS) is 17.2. The van der Waals surface area contributed by atoms with E-state index in [1.54, 1.807) is 23.0 Å². The van der Waals surface area contributed by atoms with Gasteiger partial charge in [-0.3, -0.25) is 19.3 Å². The summed E-state index contributed by atoms with van der Waals surface area (Å²) in [4.78, 5) is 30.4. The molecule has 2 aromatic carbocycles. The van der Waals surface area contributed by atoms with Crippen LogP contribution in [-0.4, -0.2) is 33.5 Å². The van der Waals surface area contributed by atoms with Crippen LogP contribution in [0, 0.1) is 34.7 Å². The standard InChI is InChI=1S/C32H26F3N5O2/c1-37-32(42)26-11-18(4-5-27(26)35)24-3-2-6-38-31(24)20(7-17-8-21(33)14-22(34)9-17)10-23(41)16-40-29-13-19-12-25(19)30(29)28(15-36)39-40/h2-6,8-9,11,14,19-20,25H,7,10,12-13,16H2,1H3,(H,37,42)/t19?,20-,25?/m1/s1. The number of rotatable bonds is 9. The Hall–Kier alpha value is -4.78. The summed E-state index contributed by atoms with van der Waals surface area (Å²) < 4.78 is 44.3. The Morgan fingerprint density at radius 3 is 2.67 bits per heavy atom. The summed E-state index contributed by atoms with van der Waals surface area (Å²) in [6.45, 7) is -0.0446. The number of fused-ring (bicyclic) bond motifs is 3. The molecule has 4 aromatic rings. The molecule has 0 aliphatic heterocycles. The number of Topliss-reactive ketones (excluding diaryl/α,β-unsaturated/α-hetero) is 1. The topological polar surface area (TPSA) is 101 Å². The number of ketones is 1. The molecule has 7 nitrogen and oxygen atoms in total. The van der Waals surface area contributed by atoms with E-state index in [0.29, 0.717) is 39.9 Å². The Morgan fingerprint density at radius 2 is 1.93 bits per heavy atom. The first-order chi connectivity index (χ1) is 20.2. The molecule has 3 atom stereocenters. The lowest BCUT2D eigenvalue weighted by atomic mass is 9.86. The zero-order valence-electron chi connectivity index (χ0n) is 22.7. The number of nitrogens with one attached hydrogen (secondary N) is 1. The lowest BCUT2D eigenvalue weighted by molar-refractivity contribution is -0.120. The third kappa shape index (κ3) is 5.18. The van der Waals surface area contributed by atoms with E-state index in [9.17, 15) is 28.0 Å². The average Bonchev–Trinajstić information content (AvgIpc) is 3.50. The van der Waals surface area contributed by atoms with Crippen LogP contribution in [0.1, 0.15) is 63.2 Å². The first kappa shape index (κ1) is 27.4. The van der Waals surface area contributed by atoms with Crippen LogP contribution in [0.2, 0.25) is 0 Å². The van der Waals surface area contributed by atoms with Gasteiger partial charge in [0.05, 0.1) is 17.8 Å². The van der Waals surface area contributed by atoms with Crippen LogP contribution in [0.4, 0.5) is 13.2 Å². The molecule has 2 aliphatic rings. The predicted octanol–water partition coefficient (Wildman–Crippen LogP) is 5.24. The fourth-order valence-corrected chi connectivity index (χ4v) is 6.18. The Morgan fingerprint density at radius 1 is 1.14 bits per heavy atom. The van der Waals surface area contributed by atoms with Crippen molar-refractivity contribution in [2.75, 3.05) is 7.05 Å². The van der Waals surface area contributed by atoms with E-state index in [0.717, 1.165) is 30.2 Å². The van der Waals surface area contributed by atoms with E-state index in [1.807, 2.05) is 0 Å². The number of halogens is 3. The second-order valence-electron chi connectivity index (χ2n) is 10.9. The molecule has 212 valence electrons. The Kier molecular flexibility index (Phi) is 7.11. The van der Waals surface area contributed by atoms with Crippen molar-refractivity contribution in [2.45, 2.75) is 44.1 Å². The van der Waals surface area contributed by atoms with Gasteiger partial charge in [-0.15, -0.1) is 0 Å². The molecule has 10 heteroatoms. The molecule has 0 saturated heterocycles. The number of hydrogen-bond acceptors (Lipinski definition) is 5. The van der Waals surface area contributed by atoms with Crippen LogP contribution in [0.5, 0.6) is 0 Å². The summed E-state index contributed by atoms with van der Waals surface area (Å²) in [5.41, 5.74) is 3.98. The summed E-state index contributed by atoms with van der Waals surface area (Å²) in [7, 11) is 1.40. The number of pyridine rings is 1. The molecule has 2 unspecified atom stereocenters. The maximum Gasteiger partial charge on any atom is 0.254 e. The summed E-state index contributed by atoms with van der Waals surface area (Å²) in [6, 6.07) is 12.9. The van der Waals surface area contributed by atoms with Gasteiger partial charge >= 0.3 is 0 Å². The van der Waals surface area contributed by atoms with Crippen molar-refractivity contribution in [2.24, 2.45) is 5.92 Å². The third-order valence-electron chi connectivity index (χ3n) is 8.13. The molecular formula is C32H26F3N5O2. The van der Waals surface area contributed by atoms with E-state index in [2.05, 4.69) is 21.5 Å². The maximum absolute atomic E-state index is 14.5. The smallest absolute Gasteiger partial charge is 0.254 e. The van der Waals surface area contributed by atoms with Gasteiger partial charge in [0.2, 0.25) is 0 Å². The number of carbonyl (C=O) groups is 2. The molecule has 0 radical (unpaired) electrons. The quantitative estimate of drug-likeness (QED) is 0.297. The van der Waals surface area contributed by atoms with Crippen LogP contribution in [0.15, 0.2) is 54.7 Å². The monoisotopic (exact) mass is 569 g/mol. The first-order valence-electron chi connectivity index (χ1n) is 13.7. The van der Waals surface area contributed by atoms with Gasteiger partial charge in [-0.1, -0.05) is 12.1 Å². The van der Waals surface area contributed by atoms with E-state index < -0.39 is 29.3 Å². The molecule has 0 spiro atoms. The Balaban J connectivity index is 1.36. The zero-order chi connectivity index (χ0) is 29.5. The fourth-order valence-electron chi connectivity index (χ4n) is 6.18. The van der Waals surface area contributed by atoms with Gasteiger partial charge in [-0.05, 0) is 72.6 Å². The highest BCUT2D eigenvalue weighted by Gasteiger charge is 2.49. The van der Waals surface area contributed by atoms with E-state index in [4.69, 9.17) is 0 Å². The minimum atomic E-state index is -0.736. The number of carbonyl (C=O) groups excluding carboxylic acids is 2. The van der Waals surface area contributed by atoms with Gasteiger partial charge in [0.25, 0.3) is 5.91 Å². The van der Waals surface area contributed by atoms with Crippen molar-refractivity contribution in [1.82, 2.24) is 20.1 Å². The second kappa shape index (κ2) is 10.9. The van der Waals surface area contributed by atoms with Crippen LogP contribution in [0.3, 0.4) is 0 Å². The number of nitriles is 1. The Labute approximate surface area is 240 Å². The summed E-state index contributed by atoms with van der Waals surface area (Å²) in [6.07, 6.45) is 3.45. The van der Waals surface area contributed by atoms with Gasteiger partial charge in [0, 0.05) is 48.5 Å².